The van der Waals surface area contributed by atoms with Crippen LogP contribution in [-0.4, -0.2) is 51.8 Å². The molecule has 0 saturated carbocycles. The zero-order chi connectivity index (χ0) is 18.2. The molecule has 6 nitrogen and oxygen atoms in total. The molecule has 0 radical (unpaired) electrons. The molecule has 1 aliphatic heterocycles. The number of aromatic nitrogens is 3. The first-order chi connectivity index (χ1) is 11.8. The van der Waals surface area contributed by atoms with Gasteiger partial charge in [0.05, 0.1) is 17.1 Å². The van der Waals surface area contributed by atoms with Crippen molar-refractivity contribution in [1.29, 1.82) is 0 Å². The molecule has 3 heterocycles. The monoisotopic (exact) mass is 341 g/mol. The van der Waals surface area contributed by atoms with E-state index in [1.54, 1.807) is 6.20 Å². The summed E-state index contributed by atoms with van der Waals surface area (Å²) in [5, 5.41) is 4.68. The second kappa shape index (κ2) is 6.50. The Bertz CT molecular complexity index is 752. The topological polar surface area (TPSA) is 54.3 Å². The maximum absolute atomic E-state index is 12.5. The minimum absolute atomic E-state index is 0.227. The van der Waals surface area contributed by atoms with Gasteiger partial charge < -0.3 is 9.80 Å². The zero-order valence-electron chi connectivity index (χ0n) is 15.8. The van der Waals surface area contributed by atoms with E-state index in [-0.39, 0.29) is 11.3 Å². The number of rotatable bonds is 2. The Balaban J connectivity index is 1.79. The molecule has 0 aliphatic carbocycles. The standard InChI is InChI=1S/C19H27N5O/c1-14-17(15(2)24(21-14)16-8-6-7-9-20-16)22-10-12-23(13-11-22)18(25)19(3,4)5/h6-9H,10-13H2,1-5H3. The van der Waals surface area contributed by atoms with E-state index in [1.165, 1.54) is 0 Å². The predicted molar refractivity (Wildman–Crippen MR) is 99.1 cm³/mol. The minimum atomic E-state index is -0.322. The Morgan fingerprint density at radius 2 is 1.76 bits per heavy atom. The number of anilines is 1. The highest BCUT2D eigenvalue weighted by Gasteiger charge is 2.31. The van der Waals surface area contributed by atoms with Gasteiger partial charge in [-0.25, -0.2) is 9.67 Å². The van der Waals surface area contributed by atoms with Crippen LogP contribution in [0.2, 0.25) is 0 Å². The first-order valence-corrected chi connectivity index (χ1v) is 8.81. The number of nitrogens with zero attached hydrogens (tertiary/aromatic N) is 5. The van der Waals surface area contributed by atoms with Gasteiger partial charge in [0.15, 0.2) is 5.82 Å². The highest BCUT2D eigenvalue weighted by Crippen LogP contribution is 2.28. The van der Waals surface area contributed by atoms with Crippen molar-refractivity contribution in [3.63, 3.8) is 0 Å². The number of piperazine rings is 1. The van der Waals surface area contributed by atoms with Gasteiger partial charge in [0.1, 0.15) is 0 Å². The smallest absolute Gasteiger partial charge is 0.228 e. The lowest BCUT2D eigenvalue weighted by molar-refractivity contribution is -0.139. The fourth-order valence-electron chi connectivity index (χ4n) is 3.40. The van der Waals surface area contributed by atoms with Crippen LogP contribution in [0, 0.1) is 19.3 Å². The van der Waals surface area contributed by atoms with Crippen molar-refractivity contribution in [3.8, 4) is 5.82 Å². The Hall–Kier alpha value is -2.37. The van der Waals surface area contributed by atoms with Gasteiger partial charge in [-0.05, 0) is 26.0 Å². The van der Waals surface area contributed by atoms with Gasteiger partial charge in [-0.3, -0.25) is 4.79 Å². The molecule has 0 spiro atoms. The van der Waals surface area contributed by atoms with Crippen molar-refractivity contribution < 1.29 is 4.79 Å². The number of pyridine rings is 1. The molecule has 0 aromatic carbocycles. The van der Waals surface area contributed by atoms with Crippen LogP contribution in [0.3, 0.4) is 0 Å². The van der Waals surface area contributed by atoms with Crippen molar-refractivity contribution >= 4 is 11.6 Å². The van der Waals surface area contributed by atoms with E-state index in [0.29, 0.717) is 0 Å². The van der Waals surface area contributed by atoms with Crippen molar-refractivity contribution in [2.75, 3.05) is 31.1 Å². The normalized spacial score (nSPS) is 15.6. The van der Waals surface area contributed by atoms with E-state index in [9.17, 15) is 4.79 Å². The van der Waals surface area contributed by atoms with Crippen LogP contribution in [-0.2, 0) is 4.79 Å². The summed E-state index contributed by atoms with van der Waals surface area (Å²) in [6.45, 7) is 13.2. The lowest BCUT2D eigenvalue weighted by Gasteiger charge is -2.38. The molecule has 3 rings (SSSR count). The lowest BCUT2D eigenvalue weighted by Crippen LogP contribution is -2.51. The van der Waals surface area contributed by atoms with Gasteiger partial charge in [0.2, 0.25) is 5.91 Å². The SMILES string of the molecule is Cc1nn(-c2ccccn2)c(C)c1N1CCN(C(=O)C(C)(C)C)CC1. The molecular weight excluding hydrogens is 314 g/mol. The molecule has 0 bridgehead atoms. The van der Waals surface area contributed by atoms with E-state index in [0.717, 1.165) is 49.1 Å². The number of carbonyl (C=O) groups excluding carboxylic acids is 1. The molecule has 0 unspecified atom stereocenters. The largest absolute Gasteiger partial charge is 0.365 e. The number of aryl methyl sites for hydroxylation is 1. The minimum Gasteiger partial charge on any atom is -0.365 e. The van der Waals surface area contributed by atoms with Crippen LogP contribution >= 0.6 is 0 Å². The van der Waals surface area contributed by atoms with Crippen molar-refractivity contribution in [3.05, 3.63) is 35.8 Å². The van der Waals surface area contributed by atoms with Gasteiger partial charge in [-0.1, -0.05) is 26.8 Å². The summed E-state index contributed by atoms with van der Waals surface area (Å²) in [6, 6.07) is 5.83. The van der Waals surface area contributed by atoms with E-state index in [4.69, 9.17) is 0 Å². The second-order valence-electron chi connectivity index (χ2n) is 7.65. The molecule has 1 amide bonds. The number of hydrogen-bond acceptors (Lipinski definition) is 4. The van der Waals surface area contributed by atoms with Crippen LogP contribution in [0.25, 0.3) is 5.82 Å². The maximum atomic E-state index is 12.5. The lowest BCUT2D eigenvalue weighted by atomic mass is 9.94. The number of hydrogen-bond donors (Lipinski definition) is 0. The third kappa shape index (κ3) is 3.38. The molecular formula is C19H27N5O. The maximum Gasteiger partial charge on any atom is 0.228 e. The number of amides is 1. The summed E-state index contributed by atoms with van der Waals surface area (Å²) in [6.07, 6.45) is 1.78. The average Bonchev–Trinajstić information content (AvgIpc) is 2.89. The molecule has 1 aliphatic rings. The molecule has 25 heavy (non-hydrogen) atoms. The molecule has 0 N–H and O–H groups in total. The van der Waals surface area contributed by atoms with Crippen molar-refractivity contribution in [2.45, 2.75) is 34.6 Å². The summed E-state index contributed by atoms with van der Waals surface area (Å²) in [5.74, 6) is 1.06. The average molecular weight is 341 g/mol. The predicted octanol–water partition coefficient (Wildman–Crippen LogP) is 2.58. The Kier molecular flexibility index (Phi) is 4.54. The van der Waals surface area contributed by atoms with Crippen LogP contribution in [0.5, 0.6) is 0 Å². The third-order valence-electron chi connectivity index (χ3n) is 4.64. The van der Waals surface area contributed by atoms with Crippen molar-refractivity contribution in [1.82, 2.24) is 19.7 Å². The van der Waals surface area contributed by atoms with E-state index < -0.39 is 0 Å². The van der Waals surface area contributed by atoms with Crippen LogP contribution < -0.4 is 4.90 Å². The van der Waals surface area contributed by atoms with Crippen LogP contribution in [0.4, 0.5) is 5.69 Å². The molecule has 1 saturated heterocycles. The molecule has 2 aromatic rings. The zero-order valence-corrected chi connectivity index (χ0v) is 15.8. The first-order valence-electron chi connectivity index (χ1n) is 8.81. The number of carbonyl (C=O) groups is 1. The Morgan fingerprint density at radius 1 is 1.08 bits per heavy atom. The molecule has 134 valence electrons. The molecule has 2 aromatic heterocycles. The molecule has 6 heteroatoms. The molecule has 0 atom stereocenters. The Morgan fingerprint density at radius 3 is 2.32 bits per heavy atom. The second-order valence-corrected chi connectivity index (χ2v) is 7.65. The fraction of sp³-hybridized carbons (Fsp3) is 0.526. The summed E-state index contributed by atoms with van der Waals surface area (Å²) >= 11 is 0. The fourth-order valence-corrected chi connectivity index (χ4v) is 3.40. The quantitative estimate of drug-likeness (QED) is 0.842. The van der Waals surface area contributed by atoms with Gasteiger partial charge in [-0.15, -0.1) is 0 Å². The highest BCUT2D eigenvalue weighted by atomic mass is 16.2. The van der Waals surface area contributed by atoms with Crippen LogP contribution in [0.15, 0.2) is 24.4 Å². The first kappa shape index (κ1) is 17.5. The third-order valence-corrected chi connectivity index (χ3v) is 4.64. The van der Waals surface area contributed by atoms with Crippen LogP contribution in [0.1, 0.15) is 32.2 Å². The van der Waals surface area contributed by atoms with Gasteiger partial charge in [0.25, 0.3) is 0 Å². The summed E-state index contributed by atoms with van der Waals surface area (Å²) < 4.78 is 1.90. The Labute approximate surface area is 149 Å². The van der Waals surface area contributed by atoms with Gasteiger partial charge in [-0.2, -0.15) is 5.10 Å². The van der Waals surface area contributed by atoms with E-state index in [1.807, 2.05) is 55.5 Å². The highest BCUT2D eigenvalue weighted by molar-refractivity contribution is 5.81. The summed E-state index contributed by atoms with van der Waals surface area (Å²) in [4.78, 5) is 21.2. The summed E-state index contributed by atoms with van der Waals surface area (Å²) in [5.41, 5.74) is 2.93. The molecule has 1 fully saturated rings. The summed E-state index contributed by atoms with van der Waals surface area (Å²) in [7, 11) is 0. The van der Waals surface area contributed by atoms with Crippen molar-refractivity contribution in [2.24, 2.45) is 5.41 Å². The van der Waals surface area contributed by atoms with Gasteiger partial charge in [0, 0.05) is 37.8 Å². The van der Waals surface area contributed by atoms with E-state index in [2.05, 4.69) is 21.9 Å². The van der Waals surface area contributed by atoms with E-state index >= 15 is 0 Å². The van der Waals surface area contributed by atoms with Gasteiger partial charge >= 0.3 is 0 Å².